The van der Waals surface area contributed by atoms with E-state index in [2.05, 4.69) is 20.2 Å². The summed E-state index contributed by atoms with van der Waals surface area (Å²) in [5, 5.41) is 9.89. The first-order chi connectivity index (χ1) is 9.92. The van der Waals surface area contributed by atoms with E-state index in [0.717, 1.165) is 16.9 Å². The molecule has 0 unspecified atom stereocenters. The molecule has 0 atom stereocenters. The number of aryl methyl sites for hydroxylation is 1. The molecular weight excluding hydrogens is 312 g/mol. The van der Waals surface area contributed by atoms with Gasteiger partial charge in [-0.2, -0.15) is 8.42 Å². The zero-order valence-corrected chi connectivity index (χ0v) is 13.1. The molecule has 0 saturated heterocycles. The van der Waals surface area contributed by atoms with Crippen LogP contribution in [0.1, 0.15) is 18.9 Å². The van der Waals surface area contributed by atoms with Crippen LogP contribution in [-0.2, 0) is 14.8 Å². The molecule has 2 rings (SSSR count). The number of anilines is 2. The lowest BCUT2D eigenvalue weighted by Gasteiger charge is -2.07. The van der Waals surface area contributed by atoms with Gasteiger partial charge in [-0.05, 0) is 18.6 Å². The SMILES string of the molecule is CCC(=O)Nc1nnc(S(=O)(=O)Nc2ccccc2C)s1. The lowest BCUT2D eigenvalue weighted by atomic mass is 10.2. The van der Waals surface area contributed by atoms with Crippen LogP contribution in [0.15, 0.2) is 28.6 Å². The van der Waals surface area contributed by atoms with E-state index in [4.69, 9.17) is 0 Å². The van der Waals surface area contributed by atoms with Gasteiger partial charge in [0.1, 0.15) is 0 Å². The first-order valence-corrected chi connectivity index (χ1v) is 8.44. The second-order valence-electron chi connectivity index (χ2n) is 4.20. The van der Waals surface area contributed by atoms with Gasteiger partial charge in [-0.15, -0.1) is 10.2 Å². The Morgan fingerprint density at radius 1 is 1.29 bits per heavy atom. The summed E-state index contributed by atoms with van der Waals surface area (Å²) >= 11 is 0.804. The van der Waals surface area contributed by atoms with Crippen LogP contribution in [0.5, 0.6) is 0 Å². The number of rotatable bonds is 5. The minimum Gasteiger partial charge on any atom is -0.301 e. The molecule has 1 aromatic heterocycles. The highest BCUT2D eigenvalue weighted by Crippen LogP contribution is 2.23. The van der Waals surface area contributed by atoms with E-state index >= 15 is 0 Å². The average molecular weight is 326 g/mol. The maximum Gasteiger partial charge on any atom is 0.291 e. The minimum atomic E-state index is -3.81. The van der Waals surface area contributed by atoms with Gasteiger partial charge in [0.25, 0.3) is 14.4 Å². The molecule has 9 heteroatoms. The molecule has 1 aromatic carbocycles. The summed E-state index contributed by atoms with van der Waals surface area (Å²) in [7, 11) is -3.81. The largest absolute Gasteiger partial charge is 0.301 e. The molecule has 0 saturated carbocycles. The Morgan fingerprint density at radius 2 is 2.00 bits per heavy atom. The van der Waals surface area contributed by atoms with E-state index in [9.17, 15) is 13.2 Å². The molecule has 21 heavy (non-hydrogen) atoms. The van der Waals surface area contributed by atoms with E-state index < -0.39 is 10.0 Å². The average Bonchev–Trinajstić information content (AvgIpc) is 2.90. The van der Waals surface area contributed by atoms with Crippen LogP contribution in [0.25, 0.3) is 0 Å². The van der Waals surface area contributed by atoms with Crippen LogP contribution in [0, 0.1) is 6.92 Å². The summed E-state index contributed by atoms with van der Waals surface area (Å²) in [5.74, 6) is -0.248. The lowest BCUT2D eigenvalue weighted by Crippen LogP contribution is -2.13. The Hall–Kier alpha value is -2.00. The van der Waals surface area contributed by atoms with Crippen molar-refractivity contribution >= 4 is 38.1 Å². The van der Waals surface area contributed by atoms with Crippen LogP contribution in [0.3, 0.4) is 0 Å². The number of hydrogen-bond acceptors (Lipinski definition) is 6. The van der Waals surface area contributed by atoms with Crippen molar-refractivity contribution in [2.45, 2.75) is 24.6 Å². The molecule has 2 aromatic rings. The van der Waals surface area contributed by atoms with Crippen molar-refractivity contribution in [2.24, 2.45) is 0 Å². The van der Waals surface area contributed by atoms with Crippen LogP contribution >= 0.6 is 11.3 Å². The normalized spacial score (nSPS) is 11.1. The van der Waals surface area contributed by atoms with Crippen LogP contribution in [-0.4, -0.2) is 24.5 Å². The molecule has 7 nitrogen and oxygen atoms in total. The molecule has 0 aliphatic carbocycles. The maximum absolute atomic E-state index is 12.2. The summed E-state index contributed by atoms with van der Waals surface area (Å²) in [6.45, 7) is 3.48. The van der Waals surface area contributed by atoms with Crippen molar-refractivity contribution in [3.63, 3.8) is 0 Å². The van der Waals surface area contributed by atoms with Gasteiger partial charge in [-0.3, -0.25) is 9.52 Å². The van der Waals surface area contributed by atoms with E-state index in [1.807, 2.05) is 6.07 Å². The summed E-state index contributed by atoms with van der Waals surface area (Å²) in [4.78, 5) is 11.2. The van der Waals surface area contributed by atoms with E-state index in [-0.39, 0.29) is 21.8 Å². The van der Waals surface area contributed by atoms with Gasteiger partial charge in [0.15, 0.2) is 0 Å². The second kappa shape index (κ2) is 6.19. The summed E-state index contributed by atoms with van der Waals surface area (Å²) in [6, 6.07) is 7.01. The molecule has 0 radical (unpaired) electrons. The van der Waals surface area contributed by atoms with Crippen LogP contribution in [0.2, 0.25) is 0 Å². The fourth-order valence-electron chi connectivity index (χ4n) is 1.45. The van der Waals surface area contributed by atoms with Gasteiger partial charge in [-0.1, -0.05) is 36.5 Å². The van der Waals surface area contributed by atoms with Crippen molar-refractivity contribution in [1.82, 2.24) is 10.2 Å². The van der Waals surface area contributed by atoms with Crippen molar-refractivity contribution in [1.29, 1.82) is 0 Å². The third-order valence-corrected chi connectivity index (χ3v) is 5.16. The van der Waals surface area contributed by atoms with Crippen molar-refractivity contribution < 1.29 is 13.2 Å². The summed E-state index contributed by atoms with van der Waals surface area (Å²) in [6.07, 6.45) is 0.281. The van der Waals surface area contributed by atoms with Crippen LogP contribution in [0.4, 0.5) is 10.8 Å². The Morgan fingerprint density at radius 3 is 2.67 bits per heavy atom. The van der Waals surface area contributed by atoms with Gasteiger partial charge in [0.05, 0.1) is 5.69 Å². The molecule has 0 spiro atoms. The number of para-hydroxylation sites is 1. The molecule has 1 heterocycles. The van der Waals surface area contributed by atoms with E-state index in [1.165, 1.54) is 0 Å². The number of sulfonamides is 1. The standard InChI is InChI=1S/C12H14N4O3S2/c1-3-10(17)13-11-14-15-12(20-11)21(18,19)16-9-7-5-4-6-8(9)2/h4-7,16H,3H2,1-2H3,(H,13,14,17). The number of aromatic nitrogens is 2. The Labute approximate surface area is 126 Å². The molecule has 0 aliphatic rings. The topological polar surface area (TPSA) is 101 Å². The third-order valence-electron chi connectivity index (χ3n) is 2.59. The fourth-order valence-corrected chi connectivity index (χ4v) is 3.50. The summed E-state index contributed by atoms with van der Waals surface area (Å²) < 4.78 is 26.7. The maximum atomic E-state index is 12.2. The molecular formula is C12H14N4O3S2. The second-order valence-corrected chi connectivity index (χ2v) is 7.03. The molecule has 1 amide bonds. The minimum absolute atomic E-state index is 0.159. The molecule has 0 aliphatic heterocycles. The van der Waals surface area contributed by atoms with Gasteiger partial charge in [-0.25, -0.2) is 0 Å². The number of benzene rings is 1. The predicted molar refractivity (Wildman–Crippen MR) is 80.8 cm³/mol. The molecule has 0 bridgehead atoms. The number of carbonyl (C=O) groups excluding carboxylic acids is 1. The fraction of sp³-hybridized carbons (Fsp3) is 0.250. The molecule has 2 N–H and O–H groups in total. The highest BCUT2D eigenvalue weighted by molar-refractivity contribution is 7.94. The van der Waals surface area contributed by atoms with Gasteiger partial charge in [0, 0.05) is 6.42 Å². The molecule has 0 fully saturated rings. The Balaban J connectivity index is 2.20. The Bertz CT molecular complexity index is 755. The third kappa shape index (κ3) is 3.76. The zero-order chi connectivity index (χ0) is 15.5. The Kier molecular flexibility index (Phi) is 4.53. The van der Waals surface area contributed by atoms with E-state index in [0.29, 0.717) is 5.69 Å². The number of carbonyl (C=O) groups is 1. The van der Waals surface area contributed by atoms with Crippen molar-refractivity contribution in [2.75, 3.05) is 10.0 Å². The summed E-state index contributed by atoms with van der Waals surface area (Å²) in [5.41, 5.74) is 1.27. The van der Waals surface area contributed by atoms with Crippen molar-refractivity contribution in [3.05, 3.63) is 29.8 Å². The monoisotopic (exact) mass is 326 g/mol. The van der Waals surface area contributed by atoms with Crippen LogP contribution < -0.4 is 10.0 Å². The van der Waals surface area contributed by atoms with Crippen molar-refractivity contribution in [3.8, 4) is 0 Å². The lowest BCUT2D eigenvalue weighted by molar-refractivity contribution is -0.115. The highest BCUT2D eigenvalue weighted by Gasteiger charge is 2.21. The predicted octanol–water partition coefficient (Wildman–Crippen LogP) is 2.00. The quantitative estimate of drug-likeness (QED) is 0.818. The van der Waals surface area contributed by atoms with Gasteiger partial charge in [0.2, 0.25) is 11.0 Å². The molecule has 112 valence electrons. The number of amides is 1. The van der Waals surface area contributed by atoms with Gasteiger partial charge >= 0.3 is 0 Å². The number of hydrogen-bond donors (Lipinski definition) is 2. The highest BCUT2D eigenvalue weighted by atomic mass is 32.2. The smallest absolute Gasteiger partial charge is 0.291 e. The zero-order valence-electron chi connectivity index (χ0n) is 11.5. The van der Waals surface area contributed by atoms with Gasteiger partial charge < -0.3 is 5.32 Å². The number of nitrogens with one attached hydrogen (secondary N) is 2. The van der Waals surface area contributed by atoms with E-state index in [1.54, 1.807) is 32.0 Å². The number of nitrogens with zero attached hydrogens (tertiary/aromatic N) is 2. The first-order valence-electron chi connectivity index (χ1n) is 6.14. The first kappa shape index (κ1) is 15.4.